The van der Waals surface area contributed by atoms with E-state index < -0.39 is 11.4 Å². The Hall–Kier alpha value is -4.01. The topological polar surface area (TPSA) is 119 Å². The van der Waals surface area contributed by atoms with Gasteiger partial charge in [0.25, 0.3) is 5.56 Å². The molecule has 1 aliphatic heterocycles. The van der Waals surface area contributed by atoms with Crippen LogP contribution in [0.3, 0.4) is 0 Å². The van der Waals surface area contributed by atoms with Gasteiger partial charge in [0.15, 0.2) is 5.82 Å². The molecule has 0 bridgehead atoms. The molecule has 220 valence electrons. The SMILES string of the molecule is CCCCCc1c(Cc2ccc(-c3ccccc3-c3nnn[nH]3)cc2)c(=O)n2n1CCCC2C1(C(=O)O)CCCCC1. The van der Waals surface area contributed by atoms with Crippen molar-refractivity contribution in [3.8, 4) is 22.5 Å². The number of rotatable bonds is 10. The summed E-state index contributed by atoms with van der Waals surface area (Å²) < 4.78 is 4.06. The largest absolute Gasteiger partial charge is 0.481 e. The number of nitrogens with zero attached hydrogens (tertiary/aromatic N) is 5. The Morgan fingerprint density at radius 2 is 1.79 bits per heavy atom. The highest BCUT2D eigenvalue weighted by Crippen LogP contribution is 2.48. The first-order valence-corrected chi connectivity index (χ1v) is 15.5. The normalized spacial score (nSPS) is 18.1. The molecule has 9 heteroatoms. The van der Waals surface area contributed by atoms with E-state index in [9.17, 15) is 14.7 Å². The maximum atomic E-state index is 14.3. The molecule has 0 saturated heterocycles. The van der Waals surface area contributed by atoms with Gasteiger partial charge in [-0.3, -0.25) is 14.3 Å². The van der Waals surface area contributed by atoms with Crippen molar-refractivity contribution in [3.05, 3.63) is 75.7 Å². The number of fused-ring (bicyclic) bond motifs is 1. The monoisotopic (exact) mass is 568 g/mol. The Bertz CT molecular complexity index is 1580. The number of unbranched alkanes of at least 4 members (excludes halogenated alkanes) is 2. The van der Waals surface area contributed by atoms with Gasteiger partial charge in [-0.15, -0.1) is 5.10 Å². The smallest absolute Gasteiger partial charge is 0.311 e. The van der Waals surface area contributed by atoms with Crippen LogP contribution >= 0.6 is 0 Å². The van der Waals surface area contributed by atoms with E-state index in [2.05, 4.69) is 62.6 Å². The van der Waals surface area contributed by atoms with Crippen molar-refractivity contribution >= 4 is 5.97 Å². The van der Waals surface area contributed by atoms with Gasteiger partial charge >= 0.3 is 5.97 Å². The zero-order valence-electron chi connectivity index (χ0n) is 24.4. The minimum atomic E-state index is -0.857. The molecular formula is C33H40N6O3. The Kier molecular flexibility index (Phi) is 8.09. The van der Waals surface area contributed by atoms with Gasteiger partial charge in [0.05, 0.1) is 11.5 Å². The van der Waals surface area contributed by atoms with Crippen molar-refractivity contribution in [2.45, 2.75) is 96.6 Å². The van der Waals surface area contributed by atoms with Crippen LogP contribution in [0.25, 0.3) is 22.5 Å². The molecule has 42 heavy (non-hydrogen) atoms. The van der Waals surface area contributed by atoms with Gasteiger partial charge in [-0.25, -0.2) is 9.78 Å². The summed E-state index contributed by atoms with van der Waals surface area (Å²) in [4.78, 5) is 27.1. The van der Waals surface area contributed by atoms with Gasteiger partial charge < -0.3 is 5.11 Å². The van der Waals surface area contributed by atoms with Crippen molar-refractivity contribution in [3.63, 3.8) is 0 Å². The fourth-order valence-corrected chi connectivity index (χ4v) is 7.37. The van der Waals surface area contributed by atoms with E-state index in [1.54, 1.807) is 0 Å². The number of carbonyl (C=O) groups is 1. The predicted octanol–water partition coefficient (Wildman–Crippen LogP) is 6.19. The first kappa shape index (κ1) is 28.1. The minimum Gasteiger partial charge on any atom is -0.481 e. The number of hydrogen-bond acceptors (Lipinski definition) is 5. The molecule has 1 fully saturated rings. The lowest BCUT2D eigenvalue weighted by atomic mass is 9.67. The second kappa shape index (κ2) is 12.1. The molecule has 0 radical (unpaired) electrons. The van der Waals surface area contributed by atoms with E-state index in [4.69, 9.17) is 0 Å². The maximum Gasteiger partial charge on any atom is 0.311 e. The summed E-state index contributed by atoms with van der Waals surface area (Å²) in [6.07, 6.45) is 10.5. The van der Waals surface area contributed by atoms with Gasteiger partial charge in [0.1, 0.15) is 0 Å². The summed E-state index contributed by atoms with van der Waals surface area (Å²) in [5.74, 6) is -0.120. The molecule has 6 rings (SSSR count). The third-order valence-corrected chi connectivity index (χ3v) is 9.53. The molecule has 2 aromatic heterocycles. The van der Waals surface area contributed by atoms with Crippen LogP contribution in [-0.4, -0.2) is 41.1 Å². The highest BCUT2D eigenvalue weighted by atomic mass is 16.4. The highest BCUT2D eigenvalue weighted by molar-refractivity contribution is 5.80. The number of nitrogens with one attached hydrogen (secondary N) is 1. The standard InChI is InChI=1S/C33H40N6O3/c1-2-3-5-13-28-27(31(40)39-29(14-10-21-38(28)39)33(32(41)42)19-8-4-9-20-33)22-23-15-17-24(18-16-23)25-11-6-7-12-26(25)30-34-36-37-35-30/h6-7,11-12,15-18,29H,2-5,8-10,13-14,19-22H2,1H3,(H,41,42)(H,34,35,36,37). The quantitative estimate of drug-likeness (QED) is 0.220. The lowest BCUT2D eigenvalue weighted by Crippen LogP contribution is -2.47. The van der Waals surface area contributed by atoms with E-state index in [1.165, 1.54) is 0 Å². The first-order valence-electron chi connectivity index (χ1n) is 15.5. The van der Waals surface area contributed by atoms with Crippen molar-refractivity contribution < 1.29 is 9.90 Å². The number of H-pyrrole nitrogens is 1. The van der Waals surface area contributed by atoms with E-state index in [0.29, 0.717) is 25.1 Å². The summed E-state index contributed by atoms with van der Waals surface area (Å²) in [5.41, 5.74) is 5.13. The molecule has 2 N–H and O–H groups in total. The summed E-state index contributed by atoms with van der Waals surface area (Å²) in [5, 5.41) is 24.9. The molecular weight excluding hydrogens is 528 g/mol. The van der Waals surface area contributed by atoms with Crippen molar-refractivity contribution in [1.82, 2.24) is 30.0 Å². The highest BCUT2D eigenvalue weighted by Gasteiger charge is 2.49. The minimum absolute atomic E-state index is 0.00429. The number of benzene rings is 2. The van der Waals surface area contributed by atoms with Crippen molar-refractivity contribution in [2.24, 2.45) is 5.41 Å². The van der Waals surface area contributed by atoms with Crippen molar-refractivity contribution in [2.75, 3.05) is 0 Å². The van der Waals surface area contributed by atoms with E-state index in [-0.39, 0.29) is 11.6 Å². The van der Waals surface area contributed by atoms with E-state index in [0.717, 1.165) is 97.8 Å². The molecule has 9 nitrogen and oxygen atoms in total. The second-order valence-electron chi connectivity index (χ2n) is 12.0. The van der Waals surface area contributed by atoms with E-state index >= 15 is 0 Å². The molecule has 2 aliphatic rings. The average Bonchev–Trinajstić information content (AvgIpc) is 3.65. The fraction of sp³-hybridized carbons (Fsp3) is 0.485. The summed E-state index contributed by atoms with van der Waals surface area (Å²) >= 11 is 0. The number of tetrazole rings is 1. The van der Waals surface area contributed by atoms with Crippen LogP contribution in [-0.2, 0) is 24.2 Å². The number of carboxylic acid groups (broad SMARTS) is 1. The van der Waals surface area contributed by atoms with Crippen LogP contribution in [0.15, 0.2) is 53.3 Å². The van der Waals surface area contributed by atoms with Crippen LogP contribution in [0.5, 0.6) is 0 Å². The lowest BCUT2D eigenvalue weighted by Gasteiger charge is -2.43. The number of carboxylic acids is 1. The number of hydrogen-bond donors (Lipinski definition) is 2. The van der Waals surface area contributed by atoms with E-state index in [1.807, 2.05) is 22.9 Å². The number of aliphatic carboxylic acids is 1. The summed E-state index contributed by atoms with van der Waals surface area (Å²) in [7, 11) is 0. The van der Waals surface area contributed by atoms with Crippen molar-refractivity contribution in [1.29, 1.82) is 0 Å². The third kappa shape index (κ3) is 5.10. The molecule has 4 aromatic rings. The van der Waals surface area contributed by atoms with Crippen LogP contribution in [0.4, 0.5) is 0 Å². The molecule has 1 atom stereocenters. The zero-order chi connectivity index (χ0) is 29.1. The number of aromatic amines is 1. The first-order chi connectivity index (χ1) is 20.5. The fourth-order valence-electron chi connectivity index (χ4n) is 7.37. The Morgan fingerprint density at radius 3 is 2.48 bits per heavy atom. The Morgan fingerprint density at radius 1 is 1.02 bits per heavy atom. The van der Waals surface area contributed by atoms with Gasteiger partial charge in [-0.05, 0) is 65.6 Å². The maximum absolute atomic E-state index is 14.3. The van der Waals surface area contributed by atoms with Crippen LogP contribution in [0.2, 0.25) is 0 Å². The van der Waals surface area contributed by atoms with Gasteiger partial charge in [-0.1, -0.05) is 87.6 Å². The molecule has 2 aromatic carbocycles. The van der Waals surface area contributed by atoms with Gasteiger partial charge in [-0.2, -0.15) is 0 Å². The van der Waals surface area contributed by atoms with Crippen LogP contribution in [0.1, 0.15) is 94.0 Å². The Balaban J connectivity index is 1.36. The van der Waals surface area contributed by atoms with Crippen LogP contribution in [0, 0.1) is 5.41 Å². The molecule has 0 amide bonds. The van der Waals surface area contributed by atoms with Crippen LogP contribution < -0.4 is 5.56 Å². The Labute approximate surface area is 246 Å². The van der Waals surface area contributed by atoms with Gasteiger partial charge in [0.2, 0.25) is 0 Å². The second-order valence-corrected chi connectivity index (χ2v) is 12.0. The molecule has 1 unspecified atom stereocenters. The molecule has 0 spiro atoms. The summed E-state index contributed by atoms with van der Waals surface area (Å²) in [6.45, 7) is 2.96. The zero-order valence-corrected chi connectivity index (χ0v) is 24.4. The molecule has 1 saturated carbocycles. The predicted molar refractivity (Wildman–Crippen MR) is 161 cm³/mol. The average molecular weight is 569 g/mol. The third-order valence-electron chi connectivity index (χ3n) is 9.53. The number of aromatic nitrogens is 6. The summed E-state index contributed by atoms with van der Waals surface area (Å²) in [6, 6.07) is 16.1. The van der Waals surface area contributed by atoms with Gasteiger partial charge in [0, 0.05) is 29.8 Å². The lowest BCUT2D eigenvalue weighted by molar-refractivity contribution is -0.156. The molecule has 3 heterocycles. The molecule has 1 aliphatic carbocycles.